The number of carbonyl (C=O) groups is 3. The largest absolute Gasteiger partial charge is 0.479 e. The molecule has 0 bridgehead atoms. The Morgan fingerprint density at radius 2 is 1.50 bits per heavy atom. The number of hydrogen-bond donors (Lipinski definition) is 4. The fourth-order valence-electron chi connectivity index (χ4n) is 5.82. The highest BCUT2D eigenvalue weighted by molar-refractivity contribution is 6.02. The number of carboxylic acids is 1. The fraction of sp³-hybridized carbons (Fsp3) is 0.270. The van der Waals surface area contributed by atoms with E-state index in [9.17, 15) is 32.7 Å². The van der Waals surface area contributed by atoms with Crippen LogP contribution in [0.2, 0.25) is 0 Å². The molecule has 8 nitrogen and oxygen atoms in total. The zero-order chi connectivity index (χ0) is 34.3. The lowest BCUT2D eigenvalue weighted by atomic mass is 9.84. The van der Waals surface area contributed by atoms with Crippen LogP contribution in [-0.4, -0.2) is 40.8 Å². The van der Waals surface area contributed by atoms with Crippen molar-refractivity contribution in [2.24, 2.45) is 0 Å². The number of aliphatic carboxylic acids is 1. The number of urea groups is 1. The average molecular weight is 660 g/mol. The molecule has 5 rings (SSSR count). The Labute approximate surface area is 276 Å². The summed E-state index contributed by atoms with van der Waals surface area (Å²) < 4.78 is 41.8. The highest BCUT2D eigenvalue weighted by atomic mass is 19.4. The summed E-state index contributed by atoms with van der Waals surface area (Å²) in [5.41, 5.74) is 2.49. The summed E-state index contributed by atoms with van der Waals surface area (Å²) in [6.07, 6.45) is -0.650. The predicted molar refractivity (Wildman–Crippen MR) is 177 cm³/mol. The normalized spacial score (nSPS) is 14.2. The smallest absolute Gasteiger partial charge is 0.416 e. The van der Waals surface area contributed by atoms with Crippen LogP contribution in [0.4, 0.5) is 29.3 Å². The third-order valence-corrected chi connectivity index (χ3v) is 8.44. The van der Waals surface area contributed by atoms with Gasteiger partial charge in [0, 0.05) is 16.9 Å². The van der Waals surface area contributed by atoms with Gasteiger partial charge in [0.05, 0.1) is 18.7 Å². The van der Waals surface area contributed by atoms with Gasteiger partial charge in [-0.3, -0.25) is 9.69 Å². The number of nitrogens with one attached hydrogen (secondary N) is 2. The minimum Gasteiger partial charge on any atom is -0.479 e. The number of amides is 3. The number of anilines is 2. The van der Waals surface area contributed by atoms with Crippen molar-refractivity contribution in [3.63, 3.8) is 0 Å². The molecular weight excluding hydrogens is 623 g/mol. The summed E-state index contributed by atoms with van der Waals surface area (Å²) in [5, 5.41) is 23.3. The standard InChI is InChI=1S/C37H36F3N3O5/c38-37(39,40)30-19-29(26-9-5-2-6-10-26)20-31(21-30)42-36(48)43(32-17-15-27(16-18-32)25-7-3-1-4-8-25)23-24-11-13-28(14-12-24)34(45)41-22-33(44)35(46)47/h2,5-6,9-21,25,33,44H,1,3-4,7-8,22-23H2,(H,41,45)(H,42,48)(H,46,47)/t33-/m1/s1. The van der Waals surface area contributed by atoms with Crippen molar-refractivity contribution in [1.29, 1.82) is 0 Å². The first kappa shape index (κ1) is 34.2. The number of hydrogen-bond acceptors (Lipinski definition) is 4. The number of rotatable bonds is 10. The molecule has 0 aliphatic heterocycles. The van der Waals surface area contributed by atoms with Crippen molar-refractivity contribution in [3.05, 3.63) is 119 Å². The van der Waals surface area contributed by atoms with Crippen molar-refractivity contribution in [2.45, 2.75) is 56.8 Å². The molecule has 3 amide bonds. The molecule has 0 heterocycles. The van der Waals surface area contributed by atoms with E-state index in [0.29, 0.717) is 28.3 Å². The van der Waals surface area contributed by atoms with E-state index in [1.54, 1.807) is 42.5 Å². The van der Waals surface area contributed by atoms with Crippen LogP contribution in [-0.2, 0) is 17.5 Å². The molecule has 1 aliphatic carbocycles. The summed E-state index contributed by atoms with van der Waals surface area (Å²) in [7, 11) is 0. The van der Waals surface area contributed by atoms with E-state index < -0.39 is 42.3 Å². The highest BCUT2D eigenvalue weighted by Crippen LogP contribution is 2.36. The second kappa shape index (κ2) is 15.2. The lowest BCUT2D eigenvalue weighted by Crippen LogP contribution is -2.36. The van der Waals surface area contributed by atoms with Gasteiger partial charge in [0.15, 0.2) is 6.10 Å². The zero-order valence-electron chi connectivity index (χ0n) is 26.0. The van der Waals surface area contributed by atoms with Crippen LogP contribution in [0.1, 0.15) is 65.1 Å². The van der Waals surface area contributed by atoms with Crippen LogP contribution < -0.4 is 15.5 Å². The molecule has 250 valence electrons. The fourth-order valence-corrected chi connectivity index (χ4v) is 5.82. The van der Waals surface area contributed by atoms with Gasteiger partial charge in [-0.1, -0.05) is 73.9 Å². The van der Waals surface area contributed by atoms with Crippen LogP contribution in [0.5, 0.6) is 0 Å². The maximum atomic E-state index is 13.9. The first-order chi connectivity index (χ1) is 23.0. The van der Waals surface area contributed by atoms with Crippen LogP contribution in [0.15, 0.2) is 97.1 Å². The van der Waals surface area contributed by atoms with Gasteiger partial charge in [0.1, 0.15) is 0 Å². The molecule has 0 aromatic heterocycles. The summed E-state index contributed by atoms with van der Waals surface area (Å²) in [5.74, 6) is -1.61. The average Bonchev–Trinajstić information content (AvgIpc) is 3.10. The number of alkyl halides is 3. The molecule has 0 saturated heterocycles. The van der Waals surface area contributed by atoms with Crippen molar-refractivity contribution in [3.8, 4) is 11.1 Å². The summed E-state index contributed by atoms with van der Waals surface area (Å²) >= 11 is 0. The van der Waals surface area contributed by atoms with E-state index in [0.717, 1.165) is 37.8 Å². The van der Waals surface area contributed by atoms with Gasteiger partial charge in [-0.2, -0.15) is 13.2 Å². The quantitative estimate of drug-likeness (QED) is 0.138. The van der Waals surface area contributed by atoms with Gasteiger partial charge in [0.2, 0.25) is 0 Å². The second-order valence-corrected chi connectivity index (χ2v) is 11.9. The molecule has 0 unspecified atom stereocenters. The number of aliphatic hydroxyl groups excluding tert-OH is 1. The SMILES string of the molecule is O=C(NC[C@@H](O)C(=O)O)c1ccc(CN(C(=O)Nc2cc(-c3ccccc3)cc(C(F)(F)F)c2)c2ccc(C3CCCCC3)cc2)cc1. The van der Waals surface area contributed by atoms with Crippen LogP contribution in [0, 0.1) is 0 Å². The van der Waals surface area contributed by atoms with Crippen LogP contribution in [0.25, 0.3) is 11.1 Å². The minimum absolute atomic E-state index is 0.0203. The topological polar surface area (TPSA) is 119 Å². The van der Waals surface area contributed by atoms with E-state index in [1.165, 1.54) is 35.1 Å². The molecule has 1 aliphatic rings. The number of aliphatic hydroxyl groups is 1. The summed E-state index contributed by atoms with van der Waals surface area (Å²) in [6, 6.07) is 25.3. The lowest BCUT2D eigenvalue weighted by Gasteiger charge is -2.26. The molecular formula is C37H36F3N3O5. The Bertz CT molecular complexity index is 1720. The number of nitrogens with zero attached hydrogens (tertiary/aromatic N) is 1. The van der Waals surface area contributed by atoms with E-state index >= 15 is 0 Å². The van der Waals surface area contributed by atoms with E-state index in [2.05, 4.69) is 10.6 Å². The van der Waals surface area contributed by atoms with Crippen molar-refractivity contribution in [2.75, 3.05) is 16.8 Å². The molecule has 48 heavy (non-hydrogen) atoms. The molecule has 0 spiro atoms. The van der Waals surface area contributed by atoms with Gasteiger partial charge < -0.3 is 20.8 Å². The molecule has 11 heteroatoms. The Balaban J connectivity index is 1.41. The van der Waals surface area contributed by atoms with Gasteiger partial charge in [0.25, 0.3) is 5.91 Å². The monoisotopic (exact) mass is 659 g/mol. The molecule has 1 atom stereocenters. The van der Waals surface area contributed by atoms with Crippen LogP contribution in [0.3, 0.4) is 0 Å². The van der Waals surface area contributed by atoms with Gasteiger partial charge in [-0.05, 0) is 83.5 Å². The molecule has 4 N–H and O–H groups in total. The van der Waals surface area contributed by atoms with E-state index in [4.69, 9.17) is 5.11 Å². The third-order valence-electron chi connectivity index (χ3n) is 8.44. The Hall–Kier alpha value is -5.16. The molecule has 4 aromatic rings. The molecule has 1 fully saturated rings. The number of carboxylic acid groups (broad SMARTS) is 1. The first-order valence-corrected chi connectivity index (χ1v) is 15.7. The summed E-state index contributed by atoms with van der Waals surface area (Å²) in [6.45, 7) is -0.443. The Morgan fingerprint density at radius 3 is 2.12 bits per heavy atom. The van der Waals surface area contributed by atoms with Crippen LogP contribution >= 0.6 is 0 Å². The maximum Gasteiger partial charge on any atom is 0.416 e. The Kier molecular flexibility index (Phi) is 10.8. The van der Waals surface area contributed by atoms with Crippen molar-refractivity contribution < 1.29 is 37.8 Å². The predicted octanol–water partition coefficient (Wildman–Crippen LogP) is 7.83. The number of halogens is 3. The second-order valence-electron chi connectivity index (χ2n) is 11.9. The molecule has 0 radical (unpaired) electrons. The van der Waals surface area contributed by atoms with E-state index in [-0.39, 0.29) is 17.8 Å². The number of benzene rings is 4. The van der Waals surface area contributed by atoms with E-state index in [1.807, 2.05) is 24.3 Å². The van der Waals surface area contributed by atoms with Crippen molar-refractivity contribution >= 4 is 29.3 Å². The third kappa shape index (κ3) is 8.80. The van der Waals surface area contributed by atoms with Gasteiger partial charge in [-0.25, -0.2) is 9.59 Å². The van der Waals surface area contributed by atoms with Gasteiger partial charge >= 0.3 is 18.2 Å². The first-order valence-electron chi connectivity index (χ1n) is 15.7. The number of carbonyl (C=O) groups excluding carboxylic acids is 2. The van der Waals surface area contributed by atoms with Crippen molar-refractivity contribution in [1.82, 2.24) is 5.32 Å². The minimum atomic E-state index is -4.64. The maximum absolute atomic E-state index is 13.9. The lowest BCUT2D eigenvalue weighted by molar-refractivity contribution is -0.146. The summed E-state index contributed by atoms with van der Waals surface area (Å²) in [4.78, 5) is 38.6. The van der Waals surface area contributed by atoms with Gasteiger partial charge in [-0.15, -0.1) is 0 Å². The molecule has 4 aromatic carbocycles. The zero-order valence-corrected chi connectivity index (χ0v) is 26.0. The Morgan fingerprint density at radius 1 is 0.833 bits per heavy atom. The highest BCUT2D eigenvalue weighted by Gasteiger charge is 2.32. The molecule has 1 saturated carbocycles.